The Labute approximate surface area is 105 Å². The normalized spacial score (nSPS) is 14.7. The molecule has 0 fully saturated rings. The van der Waals surface area contributed by atoms with Gasteiger partial charge in [0.25, 0.3) is 0 Å². The summed E-state index contributed by atoms with van der Waals surface area (Å²) in [4.78, 5) is 4.69. The lowest BCUT2D eigenvalue weighted by Crippen LogP contribution is -2.25. The first kappa shape index (κ1) is 10.8. The minimum Gasteiger partial charge on any atom is -0.496 e. The van der Waals surface area contributed by atoms with Gasteiger partial charge in [-0.25, -0.2) is 0 Å². The molecule has 0 unspecified atom stereocenters. The van der Waals surface area contributed by atoms with Crippen LogP contribution in [0.15, 0.2) is 18.2 Å². The van der Waals surface area contributed by atoms with Crippen LogP contribution in [0, 0.1) is 0 Å². The molecule has 88 valence electrons. The molecule has 0 saturated carbocycles. The summed E-state index contributed by atoms with van der Waals surface area (Å²) >= 11 is 6.03. The van der Waals surface area contributed by atoms with Gasteiger partial charge >= 0.3 is 0 Å². The molecule has 0 aliphatic carbocycles. The summed E-state index contributed by atoms with van der Waals surface area (Å²) in [5, 5.41) is 5.04. The van der Waals surface area contributed by atoms with Gasteiger partial charge in [-0.3, -0.25) is 4.98 Å². The minimum absolute atomic E-state index is 0.710. The third-order valence-corrected chi connectivity index (χ3v) is 3.36. The van der Waals surface area contributed by atoms with Crippen molar-refractivity contribution in [1.29, 1.82) is 0 Å². The van der Waals surface area contributed by atoms with Crippen molar-refractivity contribution in [2.24, 2.45) is 0 Å². The summed E-state index contributed by atoms with van der Waals surface area (Å²) in [7, 11) is 1.70. The maximum Gasteiger partial charge on any atom is 0.134 e. The topological polar surface area (TPSA) is 34.1 Å². The van der Waals surface area contributed by atoms with Gasteiger partial charge in [-0.15, -0.1) is 0 Å². The van der Waals surface area contributed by atoms with E-state index in [2.05, 4.69) is 10.3 Å². The predicted molar refractivity (Wildman–Crippen MR) is 68.7 cm³/mol. The summed E-state index contributed by atoms with van der Waals surface area (Å²) in [6.45, 7) is 1.79. The van der Waals surface area contributed by atoms with E-state index in [9.17, 15) is 0 Å². The van der Waals surface area contributed by atoms with Crippen molar-refractivity contribution in [2.75, 3.05) is 13.7 Å². The number of nitrogens with one attached hydrogen (secondary N) is 1. The monoisotopic (exact) mass is 248 g/mol. The number of ether oxygens (including phenoxy) is 1. The third kappa shape index (κ3) is 1.75. The van der Waals surface area contributed by atoms with E-state index in [1.807, 2.05) is 18.2 Å². The van der Waals surface area contributed by atoms with Gasteiger partial charge in [-0.2, -0.15) is 0 Å². The highest BCUT2D eigenvalue weighted by Crippen LogP contribution is 2.33. The lowest BCUT2D eigenvalue weighted by atomic mass is 10.0. The average Bonchev–Trinajstić information content (AvgIpc) is 2.36. The van der Waals surface area contributed by atoms with Crippen LogP contribution in [-0.4, -0.2) is 18.6 Å². The number of fused-ring (bicyclic) bond motifs is 2. The molecule has 4 heteroatoms. The summed E-state index contributed by atoms with van der Waals surface area (Å²) < 4.78 is 5.54. The molecular formula is C13H13ClN2O. The van der Waals surface area contributed by atoms with Gasteiger partial charge in [0.1, 0.15) is 5.75 Å². The highest BCUT2D eigenvalue weighted by molar-refractivity contribution is 6.31. The maximum atomic E-state index is 6.03. The SMILES string of the molecule is COc1c2c(nc3ccc(Cl)cc13)CCNC2. The second kappa shape index (κ2) is 4.17. The highest BCUT2D eigenvalue weighted by Gasteiger charge is 2.18. The fourth-order valence-electron chi connectivity index (χ4n) is 2.34. The van der Waals surface area contributed by atoms with Crippen molar-refractivity contribution >= 4 is 22.5 Å². The Kier molecular flexibility index (Phi) is 2.65. The molecule has 2 aromatic rings. The molecule has 1 aromatic heterocycles. The molecule has 0 radical (unpaired) electrons. The van der Waals surface area contributed by atoms with E-state index < -0.39 is 0 Å². The minimum atomic E-state index is 0.710. The Balaban J connectivity index is 2.35. The Morgan fingerprint density at radius 1 is 1.41 bits per heavy atom. The number of benzene rings is 1. The second-order valence-electron chi connectivity index (χ2n) is 4.16. The van der Waals surface area contributed by atoms with E-state index in [0.717, 1.165) is 47.4 Å². The summed E-state index contributed by atoms with van der Waals surface area (Å²) in [5.74, 6) is 0.903. The van der Waals surface area contributed by atoms with E-state index in [-0.39, 0.29) is 0 Å². The van der Waals surface area contributed by atoms with E-state index in [4.69, 9.17) is 16.3 Å². The van der Waals surface area contributed by atoms with Gasteiger partial charge in [-0.1, -0.05) is 11.6 Å². The van der Waals surface area contributed by atoms with Crippen LogP contribution < -0.4 is 10.1 Å². The number of aromatic nitrogens is 1. The van der Waals surface area contributed by atoms with Crippen molar-refractivity contribution in [2.45, 2.75) is 13.0 Å². The van der Waals surface area contributed by atoms with E-state index in [1.54, 1.807) is 7.11 Å². The van der Waals surface area contributed by atoms with E-state index in [1.165, 1.54) is 0 Å². The number of pyridine rings is 1. The van der Waals surface area contributed by atoms with Crippen molar-refractivity contribution in [1.82, 2.24) is 10.3 Å². The standard InChI is InChI=1S/C13H13ClN2O/c1-17-13-9-6-8(14)2-3-11(9)16-12-4-5-15-7-10(12)13/h2-3,6,15H,4-5,7H2,1H3. The largest absolute Gasteiger partial charge is 0.496 e. The number of methoxy groups -OCH3 is 1. The zero-order valence-corrected chi connectivity index (χ0v) is 10.3. The quantitative estimate of drug-likeness (QED) is 0.842. The van der Waals surface area contributed by atoms with Crippen LogP contribution in [0.3, 0.4) is 0 Å². The molecule has 0 spiro atoms. The van der Waals surface area contributed by atoms with Crippen molar-refractivity contribution in [3.05, 3.63) is 34.5 Å². The van der Waals surface area contributed by atoms with Gasteiger partial charge in [0.15, 0.2) is 0 Å². The van der Waals surface area contributed by atoms with Crippen LogP contribution >= 0.6 is 11.6 Å². The molecule has 2 heterocycles. The highest BCUT2D eigenvalue weighted by atomic mass is 35.5. The van der Waals surface area contributed by atoms with Gasteiger partial charge in [0.2, 0.25) is 0 Å². The van der Waals surface area contributed by atoms with Crippen molar-refractivity contribution in [3.63, 3.8) is 0 Å². The molecule has 0 atom stereocenters. The molecule has 1 aliphatic heterocycles. The summed E-state index contributed by atoms with van der Waals surface area (Å²) in [5.41, 5.74) is 3.25. The van der Waals surface area contributed by atoms with Crippen LogP contribution in [0.25, 0.3) is 10.9 Å². The van der Waals surface area contributed by atoms with Crippen molar-refractivity contribution < 1.29 is 4.74 Å². The molecule has 0 amide bonds. The van der Waals surface area contributed by atoms with Crippen LogP contribution in [0.1, 0.15) is 11.3 Å². The number of nitrogens with zero attached hydrogens (tertiary/aromatic N) is 1. The zero-order valence-electron chi connectivity index (χ0n) is 9.59. The fraction of sp³-hybridized carbons (Fsp3) is 0.308. The first-order valence-electron chi connectivity index (χ1n) is 5.65. The van der Waals surface area contributed by atoms with Crippen LogP contribution in [0.4, 0.5) is 0 Å². The van der Waals surface area contributed by atoms with Gasteiger partial charge in [-0.05, 0) is 18.2 Å². The fourth-order valence-corrected chi connectivity index (χ4v) is 2.51. The molecule has 17 heavy (non-hydrogen) atoms. The van der Waals surface area contributed by atoms with Crippen LogP contribution in [-0.2, 0) is 13.0 Å². The number of hydrogen-bond acceptors (Lipinski definition) is 3. The Bertz CT molecular complexity index is 583. The lowest BCUT2D eigenvalue weighted by Gasteiger charge is -2.20. The van der Waals surface area contributed by atoms with Crippen LogP contribution in [0.2, 0.25) is 5.02 Å². The first-order valence-corrected chi connectivity index (χ1v) is 6.03. The maximum absolute atomic E-state index is 6.03. The molecule has 1 aromatic carbocycles. The van der Waals surface area contributed by atoms with E-state index in [0.29, 0.717) is 5.02 Å². The number of rotatable bonds is 1. The molecular weight excluding hydrogens is 236 g/mol. The first-order chi connectivity index (χ1) is 8.29. The zero-order chi connectivity index (χ0) is 11.8. The number of halogens is 1. The third-order valence-electron chi connectivity index (χ3n) is 3.13. The molecule has 0 bridgehead atoms. The van der Waals surface area contributed by atoms with Crippen molar-refractivity contribution in [3.8, 4) is 5.75 Å². The van der Waals surface area contributed by atoms with Gasteiger partial charge in [0.05, 0.1) is 18.3 Å². The van der Waals surface area contributed by atoms with Gasteiger partial charge < -0.3 is 10.1 Å². The number of hydrogen-bond donors (Lipinski definition) is 1. The molecule has 3 rings (SSSR count). The lowest BCUT2D eigenvalue weighted by molar-refractivity contribution is 0.409. The molecule has 0 saturated heterocycles. The van der Waals surface area contributed by atoms with Crippen LogP contribution in [0.5, 0.6) is 5.75 Å². The molecule has 3 nitrogen and oxygen atoms in total. The van der Waals surface area contributed by atoms with Gasteiger partial charge in [0, 0.05) is 35.5 Å². The van der Waals surface area contributed by atoms with E-state index >= 15 is 0 Å². The second-order valence-corrected chi connectivity index (χ2v) is 4.59. The average molecular weight is 249 g/mol. The summed E-state index contributed by atoms with van der Waals surface area (Å²) in [6.07, 6.45) is 0.949. The Morgan fingerprint density at radius 2 is 2.29 bits per heavy atom. The summed E-state index contributed by atoms with van der Waals surface area (Å²) in [6, 6.07) is 5.73. The molecule has 1 aliphatic rings. The molecule has 1 N–H and O–H groups in total. The Morgan fingerprint density at radius 3 is 3.12 bits per heavy atom. The predicted octanol–water partition coefficient (Wildman–Crippen LogP) is 2.54. The Hall–Kier alpha value is -1.32. The smallest absolute Gasteiger partial charge is 0.134 e.